The van der Waals surface area contributed by atoms with Crippen LogP contribution < -0.4 is 0 Å². The molecule has 1 saturated heterocycles. The van der Waals surface area contributed by atoms with Crippen LogP contribution in [0.4, 0.5) is 0 Å². The van der Waals surface area contributed by atoms with Crippen molar-refractivity contribution in [1.82, 2.24) is 9.88 Å². The fourth-order valence-corrected chi connectivity index (χ4v) is 3.30. The van der Waals surface area contributed by atoms with Gasteiger partial charge in [0.1, 0.15) is 0 Å². The third-order valence-corrected chi connectivity index (χ3v) is 4.72. The summed E-state index contributed by atoms with van der Waals surface area (Å²) in [5.74, 6) is -1.10. The zero-order chi connectivity index (χ0) is 18.7. The highest BCUT2D eigenvalue weighted by Crippen LogP contribution is 2.21. The number of aliphatic carboxylic acids is 1. The van der Waals surface area contributed by atoms with E-state index in [1.165, 1.54) is 0 Å². The average molecular weight is 356 g/mol. The lowest BCUT2D eigenvalue weighted by Gasteiger charge is -2.25. The maximum absolute atomic E-state index is 13.1. The molecule has 1 aromatic carbocycles. The van der Waals surface area contributed by atoms with Crippen LogP contribution in [0.15, 0.2) is 24.3 Å². The van der Waals surface area contributed by atoms with Crippen LogP contribution in [0.2, 0.25) is 0 Å². The number of benzene rings is 1. The van der Waals surface area contributed by atoms with Crippen molar-refractivity contribution in [3.63, 3.8) is 0 Å². The van der Waals surface area contributed by atoms with Crippen molar-refractivity contribution >= 4 is 22.8 Å². The molecule has 0 aliphatic carbocycles. The van der Waals surface area contributed by atoms with Crippen molar-refractivity contribution in [3.05, 3.63) is 41.1 Å². The van der Waals surface area contributed by atoms with Crippen molar-refractivity contribution in [2.24, 2.45) is 0 Å². The molecule has 6 heteroatoms. The minimum Gasteiger partial charge on any atom is -0.481 e. The van der Waals surface area contributed by atoms with Crippen LogP contribution >= 0.6 is 0 Å². The van der Waals surface area contributed by atoms with Crippen LogP contribution in [0.25, 0.3) is 10.9 Å². The molecule has 1 fully saturated rings. The highest BCUT2D eigenvalue weighted by Gasteiger charge is 2.25. The summed E-state index contributed by atoms with van der Waals surface area (Å²) in [5, 5.41) is 9.92. The van der Waals surface area contributed by atoms with Gasteiger partial charge in [-0.05, 0) is 44.4 Å². The van der Waals surface area contributed by atoms with Gasteiger partial charge in [0, 0.05) is 25.1 Å². The number of carboxylic acid groups (broad SMARTS) is 1. The number of aryl methyl sites for hydroxylation is 2. The van der Waals surface area contributed by atoms with E-state index in [0.717, 1.165) is 29.3 Å². The van der Waals surface area contributed by atoms with Crippen LogP contribution in [0.1, 0.15) is 40.9 Å². The number of carbonyl (C=O) groups excluding carboxylic acids is 1. The Labute approximate surface area is 152 Å². The topological polar surface area (TPSA) is 79.7 Å². The van der Waals surface area contributed by atoms with Gasteiger partial charge in [0.05, 0.1) is 29.3 Å². The summed E-state index contributed by atoms with van der Waals surface area (Å²) in [6, 6.07) is 7.78. The highest BCUT2D eigenvalue weighted by atomic mass is 16.5. The predicted octanol–water partition coefficient (Wildman–Crippen LogP) is 2.95. The number of nitrogens with zero attached hydrogens (tertiary/aromatic N) is 2. The second-order valence-electron chi connectivity index (χ2n) is 6.85. The summed E-state index contributed by atoms with van der Waals surface area (Å²) >= 11 is 0. The fourth-order valence-electron chi connectivity index (χ4n) is 3.30. The van der Waals surface area contributed by atoms with Gasteiger partial charge in [0.2, 0.25) is 0 Å². The Kier molecular flexibility index (Phi) is 5.52. The SMILES string of the molecule is Cc1ccc2cc(C(=O)N(CCC(=O)O)C[C@@H]3CCCO3)c(C)nc2c1. The predicted molar refractivity (Wildman–Crippen MR) is 98.3 cm³/mol. The third kappa shape index (κ3) is 4.19. The molecule has 0 saturated carbocycles. The van der Waals surface area contributed by atoms with E-state index in [2.05, 4.69) is 4.98 Å². The van der Waals surface area contributed by atoms with Gasteiger partial charge in [0.15, 0.2) is 0 Å². The van der Waals surface area contributed by atoms with Crippen LogP contribution in [0.3, 0.4) is 0 Å². The molecule has 26 heavy (non-hydrogen) atoms. The Morgan fingerprint density at radius 1 is 1.31 bits per heavy atom. The largest absolute Gasteiger partial charge is 0.481 e. The van der Waals surface area contributed by atoms with Gasteiger partial charge in [-0.3, -0.25) is 14.6 Å². The Morgan fingerprint density at radius 2 is 2.12 bits per heavy atom. The molecule has 0 unspecified atom stereocenters. The van der Waals surface area contributed by atoms with Crippen molar-refractivity contribution in [2.75, 3.05) is 19.7 Å². The van der Waals surface area contributed by atoms with Crippen LogP contribution in [0.5, 0.6) is 0 Å². The van der Waals surface area contributed by atoms with Gasteiger partial charge in [0.25, 0.3) is 5.91 Å². The van der Waals surface area contributed by atoms with Gasteiger partial charge in [-0.1, -0.05) is 12.1 Å². The van der Waals surface area contributed by atoms with E-state index in [1.54, 1.807) is 4.90 Å². The molecule has 1 aliphatic heterocycles. The molecule has 1 amide bonds. The van der Waals surface area contributed by atoms with Crippen LogP contribution in [-0.4, -0.2) is 52.7 Å². The zero-order valence-corrected chi connectivity index (χ0v) is 15.2. The molecule has 2 aromatic rings. The molecule has 6 nitrogen and oxygen atoms in total. The summed E-state index contributed by atoms with van der Waals surface area (Å²) < 4.78 is 5.63. The molecular weight excluding hydrogens is 332 g/mol. The number of aromatic nitrogens is 1. The quantitative estimate of drug-likeness (QED) is 0.861. The number of carbonyl (C=O) groups is 2. The second kappa shape index (κ2) is 7.83. The molecule has 138 valence electrons. The lowest BCUT2D eigenvalue weighted by Crippen LogP contribution is -2.39. The number of hydrogen-bond donors (Lipinski definition) is 1. The first-order valence-electron chi connectivity index (χ1n) is 8.94. The Morgan fingerprint density at radius 3 is 2.81 bits per heavy atom. The Balaban J connectivity index is 1.88. The lowest BCUT2D eigenvalue weighted by molar-refractivity contribution is -0.137. The first-order chi connectivity index (χ1) is 12.4. The van der Waals surface area contributed by atoms with Crippen molar-refractivity contribution < 1.29 is 19.4 Å². The molecule has 1 aromatic heterocycles. The number of fused-ring (bicyclic) bond motifs is 1. The summed E-state index contributed by atoms with van der Waals surface area (Å²) in [4.78, 5) is 30.3. The minimum atomic E-state index is -0.918. The van der Waals surface area contributed by atoms with E-state index in [0.29, 0.717) is 24.4 Å². The number of pyridine rings is 1. The maximum atomic E-state index is 13.1. The van der Waals surface area contributed by atoms with E-state index in [-0.39, 0.29) is 25.0 Å². The van der Waals surface area contributed by atoms with Crippen molar-refractivity contribution in [1.29, 1.82) is 0 Å². The van der Waals surface area contributed by atoms with Gasteiger partial charge in [-0.2, -0.15) is 0 Å². The summed E-state index contributed by atoms with van der Waals surface area (Å²) in [7, 11) is 0. The first-order valence-corrected chi connectivity index (χ1v) is 8.94. The Bertz CT molecular complexity index is 828. The summed E-state index contributed by atoms with van der Waals surface area (Å²) in [5.41, 5.74) is 3.14. The van der Waals surface area contributed by atoms with Crippen molar-refractivity contribution in [3.8, 4) is 0 Å². The molecule has 1 aliphatic rings. The van der Waals surface area contributed by atoms with Gasteiger partial charge < -0.3 is 14.7 Å². The second-order valence-corrected chi connectivity index (χ2v) is 6.85. The standard InChI is InChI=1S/C20H24N2O4/c1-13-5-6-15-11-17(14(2)21-18(15)10-13)20(25)22(8-7-19(23)24)12-16-4-3-9-26-16/h5-6,10-11,16H,3-4,7-9,12H2,1-2H3,(H,23,24)/t16-/m0/s1. The number of rotatable bonds is 6. The van der Waals surface area contributed by atoms with Gasteiger partial charge >= 0.3 is 5.97 Å². The maximum Gasteiger partial charge on any atom is 0.305 e. The van der Waals surface area contributed by atoms with E-state index in [4.69, 9.17) is 9.84 Å². The Hall–Kier alpha value is -2.47. The number of carboxylic acids is 1. The average Bonchev–Trinajstić information content (AvgIpc) is 3.10. The zero-order valence-electron chi connectivity index (χ0n) is 15.2. The molecule has 0 radical (unpaired) electrons. The monoisotopic (exact) mass is 356 g/mol. The van der Waals surface area contributed by atoms with Crippen LogP contribution in [-0.2, 0) is 9.53 Å². The lowest BCUT2D eigenvalue weighted by atomic mass is 10.1. The summed E-state index contributed by atoms with van der Waals surface area (Å²) in [6.45, 7) is 5.10. The molecule has 1 N–H and O–H groups in total. The number of ether oxygens (including phenoxy) is 1. The molecule has 3 rings (SSSR count). The van der Waals surface area contributed by atoms with E-state index in [9.17, 15) is 9.59 Å². The minimum absolute atomic E-state index is 0.0240. The molecule has 1 atom stereocenters. The van der Waals surface area contributed by atoms with E-state index in [1.807, 2.05) is 38.1 Å². The molecule has 2 heterocycles. The van der Waals surface area contributed by atoms with Gasteiger partial charge in [-0.15, -0.1) is 0 Å². The van der Waals surface area contributed by atoms with E-state index >= 15 is 0 Å². The third-order valence-electron chi connectivity index (χ3n) is 4.72. The normalized spacial score (nSPS) is 16.8. The first kappa shape index (κ1) is 18.3. The van der Waals surface area contributed by atoms with E-state index < -0.39 is 5.97 Å². The number of hydrogen-bond acceptors (Lipinski definition) is 4. The van der Waals surface area contributed by atoms with Crippen molar-refractivity contribution in [2.45, 2.75) is 39.2 Å². The van der Waals surface area contributed by atoms with Gasteiger partial charge in [-0.25, -0.2) is 0 Å². The molecule has 0 spiro atoms. The summed E-state index contributed by atoms with van der Waals surface area (Å²) in [6.07, 6.45) is 1.76. The molecule has 0 bridgehead atoms. The highest BCUT2D eigenvalue weighted by molar-refractivity contribution is 5.98. The molecular formula is C20H24N2O4. The smallest absolute Gasteiger partial charge is 0.305 e. The van der Waals surface area contributed by atoms with Crippen LogP contribution in [0, 0.1) is 13.8 Å². The number of amides is 1. The fraction of sp³-hybridized carbons (Fsp3) is 0.450.